The fourth-order valence-corrected chi connectivity index (χ4v) is 10.1. The maximum Gasteiger partial charge on any atom is 0.305 e. The van der Waals surface area contributed by atoms with E-state index in [2.05, 4.69) is 4.98 Å². The molecule has 10 heteroatoms. The van der Waals surface area contributed by atoms with E-state index < -0.39 is 0 Å². The lowest BCUT2D eigenvalue weighted by Gasteiger charge is -2.43. The SMILES string of the molecule is COc1cc([C@H]2c3sc(=O)[nH]c3S[C@H]3[C@@H]4C[C@H]([C@H]5C(=O)N(c6ccc(Cl)cc6)C(=O)[C@H]45)[C@H]23)ccc1O. The summed E-state index contributed by atoms with van der Waals surface area (Å²) in [5.41, 5.74) is 1.49. The highest BCUT2D eigenvalue weighted by molar-refractivity contribution is 8.00. The number of anilines is 1. The number of H-pyrrole nitrogens is 1. The van der Waals surface area contributed by atoms with Crippen molar-refractivity contribution in [2.24, 2.45) is 29.6 Å². The highest BCUT2D eigenvalue weighted by Gasteiger charge is 2.69. The van der Waals surface area contributed by atoms with Crippen LogP contribution in [0.3, 0.4) is 0 Å². The van der Waals surface area contributed by atoms with Gasteiger partial charge in [0.2, 0.25) is 11.8 Å². The van der Waals surface area contributed by atoms with E-state index >= 15 is 0 Å². The van der Waals surface area contributed by atoms with E-state index in [9.17, 15) is 19.5 Å². The fraction of sp³-hybridized carbons (Fsp3) is 0.346. The van der Waals surface area contributed by atoms with Gasteiger partial charge in [-0.25, -0.2) is 0 Å². The Bertz CT molecular complexity index is 1480. The van der Waals surface area contributed by atoms with Gasteiger partial charge in [-0.15, -0.1) is 11.8 Å². The second kappa shape index (κ2) is 7.87. The molecule has 2 N–H and O–H groups in total. The number of thioether (sulfide) groups is 1. The van der Waals surface area contributed by atoms with Crippen molar-refractivity contribution in [1.82, 2.24) is 4.98 Å². The highest BCUT2D eigenvalue weighted by atomic mass is 35.5. The molecule has 7 nitrogen and oxygen atoms in total. The minimum absolute atomic E-state index is 0.0152. The van der Waals surface area contributed by atoms with Gasteiger partial charge < -0.3 is 14.8 Å². The summed E-state index contributed by atoms with van der Waals surface area (Å²) in [6, 6.07) is 12.1. The van der Waals surface area contributed by atoms with Crippen molar-refractivity contribution in [3.63, 3.8) is 0 Å². The Hall–Kier alpha value is -2.75. The van der Waals surface area contributed by atoms with Crippen molar-refractivity contribution >= 4 is 52.2 Å². The molecule has 2 aliphatic heterocycles. The van der Waals surface area contributed by atoms with Crippen LogP contribution < -0.4 is 14.5 Å². The standard InChI is InChI=1S/C26H21ClN2O5S2/c1-34-16-8-10(2-7-15(16)30)17-18-13-9-14(21(18)35-23-22(17)36-26(33)28-23)20-19(13)24(31)29(25(20)32)12-5-3-11(27)4-6-12/h2-8,13-14,17-21,30H,9H2,1H3,(H,28,33)/t13-,14+,17+,18+,19+,20+,21-/m0/s1. The third kappa shape index (κ3) is 2.96. The zero-order valence-electron chi connectivity index (χ0n) is 19.0. The normalized spacial score (nSPS) is 31.9. The Morgan fingerprint density at radius 3 is 2.50 bits per heavy atom. The summed E-state index contributed by atoms with van der Waals surface area (Å²) < 4.78 is 5.38. The number of hydrogen-bond acceptors (Lipinski definition) is 7. The van der Waals surface area contributed by atoms with Crippen LogP contribution in [0.5, 0.6) is 11.5 Å². The maximum absolute atomic E-state index is 13.7. The molecule has 1 saturated heterocycles. The van der Waals surface area contributed by atoms with Gasteiger partial charge in [0.05, 0.1) is 29.7 Å². The smallest absolute Gasteiger partial charge is 0.305 e. The molecule has 7 rings (SSSR count). The Kier molecular flexibility index (Phi) is 4.91. The number of nitrogens with one attached hydrogen (secondary N) is 1. The van der Waals surface area contributed by atoms with Crippen LogP contribution in [0.2, 0.25) is 5.02 Å². The van der Waals surface area contributed by atoms with Crippen molar-refractivity contribution in [2.45, 2.75) is 22.6 Å². The second-order valence-electron chi connectivity index (χ2n) is 9.88. The molecule has 36 heavy (non-hydrogen) atoms. The topological polar surface area (TPSA) is 99.7 Å². The number of thiazole rings is 1. The summed E-state index contributed by atoms with van der Waals surface area (Å²) in [6.07, 6.45) is 0.814. The molecule has 0 spiro atoms. The number of nitrogens with zero attached hydrogens (tertiary/aromatic N) is 1. The van der Waals surface area contributed by atoms with Crippen molar-refractivity contribution in [1.29, 1.82) is 0 Å². The van der Waals surface area contributed by atoms with Gasteiger partial charge in [-0.3, -0.25) is 19.3 Å². The van der Waals surface area contributed by atoms with E-state index in [4.69, 9.17) is 16.3 Å². The number of benzene rings is 2. The predicted molar refractivity (Wildman–Crippen MR) is 137 cm³/mol. The molecule has 1 aromatic heterocycles. The van der Waals surface area contributed by atoms with Crippen LogP contribution in [0.1, 0.15) is 22.8 Å². The molecule has 7 atom stereocenters. The van der Waals surface area contributed by atoms with Crippen molar-refractivity contribution in [2.75, 3.05) is 12.0 Å². The number of methoxy groups -OCH3 is 1. The first-order chi connectivity index (χ1) is 17.4. The van der Waals surface area contributed by atoms with E-state index in [1.165, 1.54) is 23.3 Å². The lowest BCUT2D eigenvalue weighted by atomic mass is 9.68. The van der Waals surface area contributed by atoms with Gasteiger partial charge in [0.15, 0.2) is 11.5 Å². The quantitative estimate of drug-likeness (QED) is 0.475. The van der Waals surface area contributed by atoms with Gasteiger partial charge in [-0.2, -0.15) is 0 Å². The summed E-state index contributed by atoms with van der Waals surface area (Å²) >= 11 is 8.89. The molecule has 3 fully saturated rings. The molecular weight excluding hydrogens is 520 g/mol. The van der Waals surface area contributed by atoms with Crippen molar-refractivity contribution < 1.29 is 19.4 Å². The average molecular weight is 541 g/mol. The molecule has 3 heterocycles. The van der Waals surface area contributed by atoms with Gasteiger partial charge in [-0.1, -0.05) is 29.0 Å². The van der Waals surface area contributed by atoms with Crippen LogP contribution in [-0.2, 0) is 9.59 Å². The third-order valence-electron chi connectivity index (χ3n) is 8.37. The van der Waals surface area contributed by atoms with Crippen LogP contribution >= 0.6 is 34.7 Å². The van der Waals surface area contributed by atoms with E-state index in [-0.39, 0.29) is 63.2 Å². The van der Waals surface area contributed by atoms with E-state index in [1.54, 1.807) is 42.1 Å². The molecule has 4 aliphatic rings. The molecule has 2 amide bonds. The number of aromatic amines is 1. The number of phenols is 1. The van der Waals surface area contributed by atoms with Gasteiger partial charge in [0.1, 0.15) is 0 Å². The Labute approximate surface area is 219 Å². The van der Waals surface area contributed by atoms with Crippen molar-refractivity contribution in [3.05, 3.63) is 67.6 Å². The third-order valence-corrected chi connectivity index (χ3v) is 11.2. The Morgan fingerprint density at radius 2 is 1.78 bits per heavy atom. The monoisotopic (exact) mass is 540 g/mol. The molecule has 0 radical (unpaired) electrons. The summed E-state index contributed by atoms with van der Waals surface area (Å²) in [6.45, 7) is 0. The number of carbonyl (C=O) groups excluding carboxylic acids is 2. The number of hydrogen-bond donors (Lipinski definition) is 2. The average Bonchev–Trinajstić information content (AvgIpc) is 3.59. The number of phenolic OH excluding ortho intramolecular Hbond substituents is 1. The first-order valence-corrected chi connectivity index (χ1v) is 13.8. The maximum atomic E-state index is 13.7. The summed E-state index contributed by atoms with van der Waals surface area (Å²) in [7, 11) is 1.51. The number of carbonyl (C=O) groups is 2. The first-order valence-electron chi connectivity index (χ1n) is 11.8. The second-order valence-corrected chi connectivity index (χ2v) is 12.5. The van der Waals surface area contributed by atoms with Gasteiger partial charge in [0, 0.05) is 21.1 Å². The fourth-order valence-electron chi connectivity index (χ4n) is 7.12. The van der Waals surface area contributed by atoms with Crippen LogP contribution in [0.15, 0.2) is 52.3 Å². The summed E-state index contributed by atoms with van der Waals surface area (Å²) in [5.74, 6) is -0.576. The number of ether oxygens (including phenoxy) is 1. The number of fused-ring (bicyclic) bond motifs is 9. The minimum atomic E-state index is -0.376. The molecule has 2 aliphatic carbocycles. The van der Waals surface area contributed by atoms with Gasteiger partial charge >= 0.3 is 4.87 Å². The number of aromatic nitrogens is 1. The molecule has 3 aromatic rings. The van der Waals surface area contributed by atoms with E-state index in [0.29, 0.717) is 16.5 Å². The number of amides is 2. The van der Waals surface area contributed by atoms with E-state index in [0.717, 1.165) is 21.9 Å². The number of rotatable bonds is 3. The molecule has 184 valence electrons. The number of halogens is 1. The molecule has 2 saturated carbocycles. The largest absolute Gasteiger partial charge is 0.504 e. The lowest BCUT2D eigenvalue weighted by Crippen LogP contribution is -2.42. The zero-order valence-corrected chi connectivity index (χ0v) is 21.4. The summed E-state index contributed by atoms with van der Waals surface area (Å²) in [4.78, 5) is 45.0. The van der Waals surface area contributed by atoms with Gasteiger partial charge in [-0.05, 0) is 66.1 Å². The molecule has 2 bridgehead atoms. The predicted octanol–water partition coefficient (Wildman–Crippen LogP) is 4.48. The summed E-state index contributed by atoms with van der Waals surface area (Å²) in [5, 5.41) is 11.7. The highest BCUT2D eigenvalue weighted by Crippen LogP contribution is 2.68. The Morgan fingerprint density at radius 1 is 1.06 bits per heavy atom. The minimum Gasteiger partial charge on any atom is -0.504 e. The van der Waals surface area contributed by atoms with Crippen LogP contribution in [0, 0.1) is 29.6 Å². The first kappa shape index (κ1) is 22.4. The van der Waals surface area contributed by atoms with Crippen LogP contribution in [0.25, 0.3) is 0 Å². The molecular formula is C26H21ClN2O5S2. The Balaban J connectivity index is 1.33. The molecule has 0 unspecified atom stereocenters. The number of aromatic hydroxyl groups is 1. The van der Waals surface area contributed by atoms with E-state index in [1.807, 2.05) is 12.1 Å². The molecule has 2 aromatic carbocycles. The number of imide groups is 1. The lowest BCUT2D eigenvalue weighted by molar-refractivity contribution is -0.123. The van der Waals surface area contributed by atoms with Crippen LogP contribution in [0.4, 0.5) is 5.69 Å². The zero-order chi connectivity index (χ0) is 24.9. The van der Waals surface area contributed by atoms with Crippen molar-refractivity contribution in [3.8, 4) is 11.5 Å². The van der Waals surface area contributed by atoms with Crippen LogP contribution in [-0.4, -0.2) is 34.3 Å². The van der Waals surface area contributed by atoms with Gasteiger partial charge in [0.25, 0.3) is 0 Å².